The van der Waals surface area contributed by atoms with Gasteiger partial charge in [0.25, 0.3) is 0 Å². The predicted octanol–water partition coefficient (Wildman–Crippen LogP) is 7.17. The molecule has 0 heterocycles. The zero-order chi connectivity index (χ0) is 25.3. The first kappa shape index (κ1) is 26.1. The summed E-state index contributed by atoms with van der Waals surface area (Å²) in [7, 11) is 0.532. The minimum atomic E-state index is -2.51. The molecule has 2 aromatic carbocycles. The summed E-state index contributed by atoms with van der Waals surface area (Å²) in [5.41, 5.74) is 3.07. The van der Waals surface area contributed by atoms with Crippen molar-refractivity contribution in [1.82, 2.24) is 0 Å². The second kappa shape index (κ2) is 10.00. The van der Waals surface area contributed by atoms with Gasteiger partial charge < -0.3 is 9.47 Å². The Bertz CT molecular complexity index is 1100. The van der Waals surface area contributed by atoms with E-state index in [1.807, 2.05) is 26.0 Å². The molecule has 0 radical (unpaired) electrons. The van der Waals surface area contributed by atoms with E-state index >= 15 is 0 Å². The van der Waals surface area contributed by atoms with Crippen molar-refractivity contribution < 1.29 is 23.6 Å². The number of ether oxygens (including phenoxy) is 2. The number of Topliss-reactive ketones (excluding diaryl/α,β-unsaturated/α-hetero) is 1. The van der Waals surface area contributed by atoms with E-state index in [-0.39, 0.29) is 11.2 Å². The Hall–Kier alpha value is -2.52. The van der Waals surface area contributed by atoms with Crippen LogP contribution in [0, 0.1) is 13.8 Å². The van der Waals surface area contributed by atoms with E-state index in [0.717, 1.165) is 36.0 Å². The molecule has 0 N–H and O–H groups in total. The van der Waals surface area contributed by atoms with Crippen LogP contribution in [0.5, 0.6) is 11.5 Å². The minimum Gasteiger partial charge on any atom is -0.497 e. The van der Waals surface area contributed by atoms with Crippen LogP contribution in [0.4, 0.5) is 0 Å². The maximum absolute atomic E-state index is 14.1. The van der Waals surface area contributed by atoms with Crippen LogP contribution in [0.15, 0.2) is 30.3 Å². The molecule has 0 saturated heterocycles. The molecule has 1 aliphatic carbocycles. The third-order valence-electron chi connectivity index (χ3n) is 6.94. The Kier molecular flexibility index (Phi) is 7.67. The van der Waals surface area contributed by atoms with Crippen LogP contribution < -0.4 is 9.47 Å². The molecule has 0 spiro atoms. The molecule has 3 rings (SSSR count). The van der Waals surface area contributed by atoms with Crippen molar-refractivity contribution in [2.75, 3.05) is 14.2 Å². The van der Waals surface area contributed by atoms with Crippen LogP contribution in [0.3, 0.4) is 0 Å². The molecule has 0 aromatic heterocycles. The van der Waals surface area contributed by atoms with Crippen molar-refractivity contribution in [3.63, 3.8) is 0 Å². The standard InChI is InChI=1S/C28H36O5P/c1-18-15-20(27(3,4)5)16-19(2)24(18)26(30)34(31)28(13-9-8-10-14-28)25(29)22-12-11-21(32-6)17-23(22)33-7/h11-12,15-17H,8-10,13-14H2,1-7H3/q+1. The van der Waals surface area contributed by atoms with Crippen LogP contribution in [-0.4, -0.2) is 30.7 Å². The number of rotatable bonds is 7. The van der Waals surface area contributed by atoms with Gasteiger partial charge in [-0.05, 0) is 60.9 Å². The lowest BCUT2D eigenvalue weighted by Gasteiger charge is -2.27. The first-order valence-electron chi connectivity index (χ1n) is 11.9. The molecule has 1 fully saturated rings. The van der Waals surface area contributed by atoms with E-state index in [9.17, 15) is 14.2 Å². The molecule has 6 heteroatoms. The highest BCUT2D eigenvalue weighted by Crippen LogP contribution is 2.54. The maximum atomic E-state index is 14.1. The van der Waals surface area contributed by atoms with Crippen molar-refractivity contribution in [3.05, 3.63) is 58.1 Å². The second-order valence-electron chi connectivity index (χ2n) is 10.3. The molecule has 34 heavy (non-hydrogen) atoms. The molecule has 182 valence electrons. The van der Waals surface area contributed by atoms with Gasteiger partial charge in [0.05, 0.1) is 25.3 Å². The van der Waals surface area contributed by atoms with E-state index in [1.54, 1.807) is 25.3 Å². The van der Waals surface area contributed by atoms with E-state index in [1.165, 1.54) is 7.11 Å². The van der Waals surface area contributed by atoms with Crippen molar-refractivity contribution in [1.29, 1.82) is 0 Å². The number of aryl methyl sites for hydroxylation is 2. The van der Waals surface area contributed by atoms with Gasteiger partial charge in [-0.25, -0.2) is 4.79 Å². The van der Waals surface area contributed by atoms with Crippen molar-refractivity contribution in [3.8, 4) is 11.5 Å². The SMILES string of the molecule is COc1ccc(C(=O)C2([P+](=O)C(=O)c3c(C)cc(C(C)(C)C)cc3C)CCCCC2)c(OC)c1. The molecule has 0 amide bonds. The lowest BCUT2D eigenvalue weighted by molar-refractivity contribution is 0.0900. The lowest BCUT2D eigenvalue weighted by atomic mass is 9.82. The summed E-state index contributed by atoms with van der Waals surface area (Å²) in [6.45, 7) is 10.2. The summed E-state index contributed by atoms with van der Waals surface area (Å²) < 4.78 is 24.8. The fraction of sp³-hybridized carbons (Fsp3) is 0.500. The zero-order valence-electron chi connectivity index (χ0n) is 21.4. The number of benzene rings is 2. The minimum absolute atomic E-state index is 0.0647. The third-order valence-corrected chi connectivity index (χ3v) is 8.96. The highest BCUT2D eigenvalue weighted by molar-refractivity contribution is 7.67. The highest BCUT2D eigenvalue weighted by atomic mass is 31.1. The number of methoxy groups -OCH3 is 2. The smallest absolute Gasteiger partial charge is 0.434 e. The molecule has 1 aliphatic rings. The van der Waals surface area contributed by atoms with Crippen LogP contribution in [0.25, 0.3) is 0 Å². The molecule has 1 unspecified atom stereocenters. The maximum Gasteiger partial charge on any atom is 0.434 e. The van der Waals surface area contributed by atoms with Gasteiger partial charge in [0.2, 0.25) is 10.9 Å². The van der Waals surface area contributed by atoms with Crippen molar-refractivity contribution >= 4 is 19.1 Å². The topological polar surface area (TPSA) is 69.7 Å². The summed E-state index contributed by atoms with van der Waals surface area (Å²) in [4.78, 5) is 27.7. The van der Waals surface area contributed by atoms with Gasteiger partial charge in [0, 0.05) is 18.9 Å². The third kappa shape index (κ3) is 4.81. The molecule has 0 aliphatic heterocycles. The number of hydrogen-bond acceptors (Lipinski definition) is 5. The monoisotopic (exact) mass is 483 g/mol. The molecule has 2 aromatic rings. The Morgan fingerprint density at radius 3 is 2.00 bits per heavy atom. The molecular weight excluding hydrogens is 447 g/mol. The first-order valence-corrected chi connectivity index (χ1v) is 13.1. The van der Waals surface area contributed by atoms with E-state index < -0.39 is 18.5 Å². The fourth-order valence-electron chi connectivity index (χ4n) is 4.93. The van der Waals surface area contributed by atoms with Gasteiger partial charge in [-0.1, -0.05) is 43.9 Å². The van der Waals surface area contributed by atoms with E-state index in [2.05, 4.69) is 20.8 Å². The number of hydrogen-bond donors (Lipinski definition) is 0. The van der Waals surface area contributed by atoms with Crippen molar-refractivity contribution in [2.24, 2.45) is 0 Å². The largest absolute Gasteiger partial charge is 0.497 e. The van der Waals surface area contributed by atoms with Crippen LogP contribution in [0.1, 0.15) is 90.3 Å². The van der Waals surface area contributed by atoms with Crippen molar-refractivity contribution in [2.45, 2.75) is 77.3 Å². The molecule has 0 bridgehead atoms. The summed E-state index contributed by atoms with van der Waals surface area (Å²) in [6.07, 6.45) is 3.35. The van der Waals surface area contributed by atoms with E-state index in [4.69, 9.17) is 9.47 Å². The van der Waals surface area contributed by atoms with Gasteiger partial charge in [-0.15, -0.1) is 0 Å². The Morgan fingerprint density at radius 2 is 1.50 bits per heavy atom. The fourth-order valence-corrected chi connectivity index (χ4v) is 6.90. The van der Waals surface area contributed by atoms with Crippen LogP contribution in [0.2, 0.25) is 0 Å². The van der Waals surface area contributed by atoms with Gasteiger partial charge in [0.1, 0.15) is 11.5 Å². The van der Waals surface area contributed by atoms with E-state index in [0.29, 0.717) is 35.5 Å². The summed E-state index contributed by atoms with van der Waals surface area (Å²) in [6, 6.07) is 9.01. The van der Waals surface area contributed by atoms with Gasteiger partial charge in [-0.3, -0.25) is 4.79 Å². The predicted molar refractivity (Wildman–Crippen MR) is 136 cm³/mol. The van der Waals surface area contributed by atoms with Gasteiger partial charge >= 0.3 is 13.3 Å². The number of carbonyl (C=O) groups is 2. The average Bonchev–Trinajstić information content (AvgIpc) is 2.81. The lowest BCUT2D eigenvalue weighted by Crippen LogP contribution is -2.39. The molecule has 1 atom stereocenters. The molecular formula is C28H36O5P+. The van der Waals surface area contributed by atoms with Crippen LogP contribution in [-0.2, 0) is 9.98 Å². The average molecular weight is 484 g/mol. The number of carbonyl (C=O) groups excluding carboxylic acids is 2. The Labute approximate surface area is 204 Å². The summed E-state index contributed by atoms with van der Waals surface area (Å²) in [5.74, 6) is 0.659. The number of ketones is 1. The van der Waals surface area contributed by atoms with Gasteiger partial charge in [0.15, 0.2) is 0 Å². The Morgan fingerprint density at radius 1 is 0.912 bits per heavy atom. The Balaban J connectivity index is 2.08. The summed E-state index contributed by atoms with van der Waals surface area (Å²) >= 11 is 0. The van der Waals surface area contributed by atoms with Gasteiger partial charge in [-0.2, -0.15) is 0 Å². The second-order valence-corrected chi connectivity index (χ2v) is 12.2. The molecule has 1 saturated carbocycles. The molecule has 5 nitrogen and oxygen atoms in total. The summed E-state index contributed by atoms with van der Waals surface area (Å²) in [5, 5.41) is -1.23. The van der Waals surface area contributed by atoms with Crippen LogP contribution >= 0.6 is 7.80 Å². The first-order chi connectivity index (χ1) is 16.0. The zero-order valence-corrected chi connectivity index (χ0v) is 22.3. The normalized spacial score (nSPS) is 16.0. The quantitative estimate of drug-likeness (QED) is 0.308. The highest BCUT2D eigenvalue weighted by Gasteiger charge is 2.60.